The molecule has 0 bridgehead atoms. The molecule has 0 aliphatic rings. The molecule has 0 saturated heterocycles. The molecular weight excluding hydrogens is 116 g/mol. The van der Waals surface area contributed by atoms with Crippen LogP contribution in [0.1, 0.15) is 5.69 Å². The van der Waals surface area contributed by atoms with Crippen LogP contribution < -0.4 is 0 Å². The zero-order valence-corrected chi connectivity index (χ0v) is 5.00. The fourth-order valence-corrected chi connectivity index (χ4v) is 0.828. The minimum atomic E-state index is 0.868. The van der Waals surface area contributed by atoms with Crippen molar-refractivity contribution >= 4 is 5.65 Å². The van der Waals surface area contributed by atoms with Crippen LogP contribution in [0.3, 0.4) is 0 Å². The summed E-state index contributed by atoms with van der Waals surface area (Å²) in [6.07, 6.45) is 1.52. The maximum Gasteiger partial charge on any atom is 0.175 e. The summed E-state index contributed by atoms with van der Waals surface area (Å²) in [5.41, 5.74) is 1.94. The van der Waals surface area contributed by atoms with Crippen molar-refractivity contribution in [1.82, 2.24) is 19.8 Å². The molecule has 0 atom stereocenters. The quantitative estimate of drug-likeness (QED) is 0.548. The summed E-state index contributed by atoms with van der Waals surface area (Å²) in [6.45, 7) is 1.97. The van der Waals surface area contributed by atoms with Crippen molar-refractivity contribution in [3.05, 3.63) is 18.1 Å². The summed E-state index contributed by atoms with van der Waals surface area (Å²) in [5, 5.41) is 6.87. The fraction of sp³-hybridized carbons (Fsp3) is 0.200. The molecule has 2 aromatic heterocycles. The third-order valence-electron chi connectivity index (χ3n) is 1.20. The van der Waals surface area contributed by atoms with Crippen LogP contribution in [0, 0.1) is 6.92 Å². The smallest absolute Gasteiger partial charge is 0.175 e. The van der Waals surface area contributed by atoms with Gasteiger partial charge in [0.1, 0.15) is 6.33 Å². The Hall–Kier alpha value is -1.32. The second-order valence-corrected chi connectivity index (χ2v) is 1.97. The number of H-pyrrole nitrogens is 1. The van der Waals surface area contributed by atoms with E-state index in [0.717, 1.165) is 11.3 Å². The number of aryl methyl sites for hydroxylation is 1. The van der Waals surface area contributed by atoms with E-state index in [2.05, 4.69) is 15.2 Å². The molecule has 0 unspecified atom stereocenters. The third-order valence-corrected chi connectivity index (χ3v) is 1.20. The van der Waals surface area contributed by atoms with Crippen molar-refractivity contribution in [2.75, 3.05) is 0 Å². The van der Waals surface area contributed by atoms with Crippen LogP contribution >= 0.6 is 0 Å². The van der Waals surface area contributed by atoms with E-state index < -0.39 is 0 Å². The first-order chi connectivity index (χ1) is 4.36. The van der Waals surface area contributed by atoms with Crippen LogP contribution in [0.15, 0.2) is 12.4 Å². The zero-order chi connectivity index (χ0) is 6.27. The standard InChI is InChI=1S/C5H6N4/c1-4-2-5-6-3-7-9(5)8-4/h2-3,8H,1H3. The van der Waals surface area contributed by atoms with E-state index in [1.165, 1.54) is 6.33 Å². The summed E-state index contributed by atoms with van der Waals surface area (Å²) >= 11 is 0. The first kappa shape index (κ1) is 4.55. The molecule has 1 N–H and O–H groups in total. The Kier molecular flexibility index (Phi) is 0.677. The number of nitrogens with zero attached hydrogens (tertiary/aromatic N) is 3. The van der Waals surface area contributed by atoms with Gasteiger partial charge in [-0.2, -0.15) is 4.63 Å². The summed E-state index contributed by atoms with van der Waals surface area (Å²) in [7, 11) is 0. The van der Waals surface area contributed by atoms with Crippen LogP contribution in [0.4, 0.5) is 0 Å². The van der Waals surface area contributed by atoms with Crippen LogP contribution in [-0.4, -0.2) is 19.8 Å². The Morgan fingerprint density at radius 3 is 3.33 bits per heavy atom. The minimum Gasteiger partial charge on any atom is -0.281 e. The lowest BCUT2D eigenvalue weighted by atomic mass is 10.5. The molecule has 0 spiro atoms. The van der Waals surface area contributed by atoms with Gasteiger partial charge in [0.15, 0.2) is 5.65 Å². The Bertz CT molecular complexity index is 290. The summed E-state index contributed by atoms with van der Waals surface area (Å²) in [6, 6.07) is 1.94. The zero-order valence-electron chi connectivity index (χ0n) is 5.00. The van der Waals surface area contributed by atoms with Gasteiger partial charge in [0.25, 0.3) is 0 Å². The number of rotatable bonds is 0. The van der Waals surface area contributed by atoms with Crippen LogP contribution in [0.5, 0.6) is 0 Å². The molecule has 4 heteroatoms. The molecular formula is C5H6N4. The molecule has 0 fully saturated rings. The Morgan fingerprint density at radius 1 is 1.67 bits per heavy atom. The van der Waals surface area contributed by atoms with E-state index in [1.54, 1.807) is 4.63 Å². The van der Waals surface area contributed by atoms with Crippen LogP contribution in [0.2, 0.25) is 0 Å². The van der Waals surface area contributed by atoms with E-state index in [9.17, 15) is 0 Å². The molecule has 0 aromatic carbocycles. The number of nitrogens with one attached hydrogen (secondary N) is 1. The molecule has 9 heavy (non-hydrogen) atoms. The molecule has 0 amide bonds. The third kappa shape index (κ3) is 0.526. The Morgan fingerprint density at radius 2 is 2.56 bits per heavy atom. The molecule has 0 aliphatic heterocycles. The summed E-state index contributed by atoms with van der Waals surface area (Å²) in [4.78, 5) is 3.96. The highest BCUT2D eigenvalue weighted by molar-refractivity contribution is 5.36. The van der Waals surface area contributed by atoms with E-state index in [0.29, 0.717) is 0 Å². The average molecular weight is 122 g/mol. The maximum absolute atomic E-state index is 3.96. The van der Waals surface area contributed by atoms with Crippen molar-refractivity contribution in [3.8, 4) is 0 Å². The predicted molar refractivity (Wildman–Crippen MR) is 32.1 cm³/mol. The lowest BCUT2D eigenvalue weighted by Gasteiger charge is -1.76. The van der Waals surface area contributed by atoms with E-state index in [-0.39, 0.29) is 0 Å². The molecule has 2 rings (SSSR count). The highest BCUT2D eigenvalue weighted by Gasteiger charge is 1.94. The van der Waals surface area contributed by atoms with Crippen LogP contribution in [-0.2, 0) is 0 Å². The lowest BCUT2D eigenvalue weighted by molar-refractivity contribution is 0.807. The van der Waals surface area contributed by atoms with E-state index in [1.807, 2.05) is 13.0 Å². The van der Waals surface area contributed by atoms with Gasteiger partial charge in [-0.1, -0.05) is 0 Å². The van der Waals surface area contributed by atoms with Gasteiger partial charge in [0, 0.05) is 11.8 Å². The first-order valence-corrected chi connectivity index (χ1v) is 2.71. The van der Waals surface area contributed by atoms with Crippen molar-refractivity contribution in [3.63, 3.8) is 0 Å². The molecule has 2 heterocycles. The van der Waals surface area contributed by atoms with E-state index in [4.69, 9.17) is 0 Å². The monoisotopic (exact) mass is 122 g/mol. The van der Waals surface area contributed by atoms with Crippen molar-refractivity contribution < 1.29 is 0 Å². The SMILES string of the molecule is Cc1cc2ncnn2[nH]1. The largest absolute Gasteiger partial charge is 0.281 e. The number of hydrogen-bond acceptors (Lipinski definition) is 2. The topological polar surface area (TPSA) is 46.0 Å². The predicted octanol–water partition coefficient (Wildman–Crippen LogP) is 0.366. The molecule has 2 aromatic rings. The molecule has 46 valence electrons. The highest BCUT2D eigenvalue weighted by Crippen LogP contribution is 1.97. The maximum atomic E-state index is 3.96. The van der Waals surface area contributed by atoms with Gasteiger partial charge >= 0.3 is 0 Å². The van der Waals surface area contributed by atoms with Gasteiger partial charge in [-0.25, -0.2) is 4.98 Å². The Labute approximate surface area is 51.5 Å². The molecule has 4 nitrogen and oxygen atoms in total. The van der Waals surface area contributed by atoms with Gasteiger partial charge in [-0.3, -0.25) is 5.10 Å². The lowest BCUT2D eigenvalue weighted by Crippen LogP contribution is -1.84. The average Bonchev–Trinajstić information content (AvgIpc) is 2.22. The van der Waals surface area contributed by atoms with Crippen molar-refractivity contribution in [2.24, 2.45) is 0 Å². The van der Waals surface area contributed by atoms with Crippen LogP contribution in [0.25, 0.3) is 5.65 Å². The Balaban J connectivity index is 2.92. The normalized spacial score (nSPS) is 10.8. The number of aromatic nitrogens is 4. The molecule has 0 aliphatic carbocycles. The van der Waals surface area contributed by atoms with Gasteiger partial charge in [0.2, 0.25) is 0 Å². The second kappa shape index (κ2) is 1.34. The first-order valence-electron chi connectivity index (χ1n) is 2.71. The van der Waals surface area contributed by atoms with Gasteiger partial charge in [-0.15, -0.1) is 5.10 Å². The van der Waals surface area contributed by atoms with Crippen molar-refractivity contribution in [1.29, 1.82) is 0 Å². The van der Waals surface area contributed by atoms with Gasteiger partial charge in [0.05, 0.1) is 0 Å². The van der Waals surface area contributed by atoms with Gasteiger partial charge < -0.3 is 0 Å². The van der Waals surface area contributed by atoms with Crippen molar-refractivity contribution in [2.45, 2.75) is 6.92 Å². The number of aromatic amines is 1. The van der Waals surface area contributed by atoms with Gasteiger partial charge in [-0.05, 0) is 6.92 Å². The van der Waals surface area contributed by atoms with E-state index >= 15 is 0 Å². The highest BCUT2D eigenvalue weighted by atomic mass is 15.4. The summed E-state index contributed by atoms with van der Waals surface area (Å²) < 4.78 is 1.63. The molecule has 0 radical (unpaired) electrons. The fourth-order valence-electron chi connectivity index (χ4n) is 0.828. The number of fused-ring (bicyclic) bond motifs is 1. The second-order valence-electron chi connectivity index (χ2n) is 1.97. The minimum absolute atomic E-state index is 0.868. The summed E-state index contributed by atoms with van der Waals surface area (Å²) in [5.74, 6) is 0. The molecule has 0 saturated carbocycles. The number of hydrogen-bond donors (Lipinski definition) is 1.